The van der Waals surface area contributed by atoms with Crippen molar-refractivity contribution in [1.29, 1.82) is 0 Å². The maximum atomic E-state index is 11.8. The second-order valence-corrected chi connectivity index (χ2v) is 5.46. The third-order valence-electron chi connectivity index (χ3n) is 3.40. The Kier molecular flexibility index (Phi) is 4.36. The molecule has 0 aromatic carbocycles. The smallest absolute Gasteiger partial charge is 0.308 e. The SMILES string of the molecule is O=C(CCc1ccsc1)N[C@H]1CCC[C@H]1C(=O)O. The molecule has 1 heterocycles. The summed E-state index contributed by atoms with van der Waals surface area (Å²) in [6.45, 7) is 0. The van der Waals surface area contributed by atoms with E-state index >= 15 is 0 Å². The lowest BCUT2D eigenvalue weighted by molar-refractivity contribution is -0.142. The molecule has 0 spiro atoms. The highest BCUT2D eigenvalue weighted by molar-refractivity contribution is 7.07. The molecule has 2 atom stereocenters. The van der Waals surface area contributed by atoms with Crippen molar-refractivity contribution in [1.82, 2.24) is 5.32 Å². The molecule has 1 saturated carbocycles. The summed E-state index contributed by atoms with van der Waals surface area (Å²) < 4.78 is 0. The van der Waals surface area contributed by atoms with Gasteiger partial charge in [-0.2, -0.15) is 11.3 Å². The summed E-state index contributed by atoms with van der Waals surface area (Å²) in [6.07, 6.45) is 3.48. The van der Waals surface area contributed by atoms with Crippen LogP contribution in [-0.2, 0) is 16.0 Å². The number of carboxylic acid groups (broad SMARTS) is 1. The molecule has 2 N–H and O–H groups in total. The van der Waals surface area contributed by atoms with Gasteiger partial charge in [0, 0.05) is 12.5 Å². The van der Waals surface area contributed by atoms with Gasteiger partial charge in [-0.1, -0.05) is 6.42 Å². The van der Waals surface area contributed by atoms with Crippen molar-refractivity contribution >= 4 is 23.2 Å². The van der Waals surface area contributed by atoms with E-state index in [4.69, 9.17) is 5.11 Å². The number of nitrogens with one attached hydrogen (secondary N) is 1. The monoisotopic (exact) mass is 267 g/mol. The highest BCUT2D eigenvalue weighted by Gasteiger charge is 2.33. The Morgan fingerprint density at radius 2 is 2.28 bits per heavy atom. The Morgan fingerprint density at radius 3 is 2.94 bits per heavy atom. The first-order valence-corrected chi connectivity index (χ1v) is 7.14. The molecular weight excluding hydrogens is 250 g/mol. The summed E-state index contributed by atoms with van der Waals surface area (Å²) in [4.78, 5) is 22.7. The molecular formula is C13H17NO3S. The minimum Gasteiger partial charge on any atom is -0.481 e. The van der Waals surface area contributed by atoms with Crippen LogP contribution in [0.2, 0.25) is 0 Å². The first kappa shape index (κ1) is 13.1. The van der Waals surface area contributed by atoms with Crippen LogP contribution in [0.5, 0.6) is 0 Å². The predicted octanol–water partition coefficient (Wildman–Crippen LogP) is 2.05. The summed E-state index contributed by atoms with van der Waals surface area (Å²) in [7, 11) is 0. The quantitative estimate of drug-likeness (QED) is 0.858. The van der Waals surface area contributed by atoms with Gasteiger partial charge in [0.25, 0.3) is 0 Å². The van der Waals surface area contributed by atoms with Crippen molar-refractivity contribution in [2.75, 3.05) is 0 Å². The summed E-state index contributed by atoms with van der Waals surface area (Å²) in [5.74, 6) is -1.25. The van der Waals surface area contributed by atoms with Gasteiger partial charge in [-0.05, 0) is 41.7 Å². The molecule has 1 aliphatic rings. The van der Waals surface area contributed by atoms with Gasteiger partial charge in [-0.25, -0.2) is 0 Å². The molecule has 18 heavy (non-hydrogen) atoms. The van der Waals surface area contributed by atoms with Crippen LogP contribution in [0, 0.1) is 5.92 Å². The second-order valence-electron chi connectivity index (χ2n) is 4.68. The largest absolute Gasteiger partial charge is 0.481 e. The number of hydrogen-bond donors (Lipinski definition) is 2. The Labute approximate surface area is 110 Å². The van der Waals surface area contributed by atoms with Gasteiger partial charge in [0.2, 0.25) is 5.91 Å². The summed E-state index contributed by atoms with van der Waals surface area (Å²) >= 11 is 1.62. The van der Waals surface area contributed by atoms with Crippen LogP contribution < -0.4 is 5.32 Å². The lowest BCUT2D eigenvalue weighted by Gasteiger charge is -2.17. The van der Waals surface area contributed by atoms with E-state index in [-0.39, 0.29) is 11.9 Å². The normalized spacial score (nSPS) is 22.9. The van der Waals surface area contributed by atoms with Crippen LogP contribution >= 0.6 is 11.3 Å². The van der Waals surface area contributed by atoms with Crippen molar-refractivity contribution in [3.05, 3.63) is 22.4 Å². The van der Waals surface area contributed by atoms with Crippen molar-refractivity contribution in [2.24, 2.45) is 5.92 Å². The Balaban J connectivity index is 1.78. The van der Waals surface area contributed by atoms with E-state index in [1.807, 2.05) is 16.8 Å². The fourth-order valence-corrected chi connectivity index (χ4v) is 3.10. The first-order valence-electron chi connectivity index (χ1n) is 6.20. The molecule has 0 saturated heterocycles. The molecule has 0 aliphatic heterocycles. The molecule has 4 nitrogen and oxygen atoms in total. The Bertz CT molecular complexity index is 416. The molecule has 1 aliphatic carbocycles. The fraction of sp³-hybridized carbons (Fsp3) is 0.538. The van der Waals surface area contributed by atoms with Gasteiger partial charge in [-0.3, -0.25) is 9.59 Å². The number of amides is 1. The number of aliphatic carboxylic acids is 1. The zero-order valence-electron chi connectivity index (χ0n) is 10.1. The summed E-state index contributed by atoms with van der Waals surface area (Å²) in [6, 6.07) is 1.82. The van der Waals surface area contributed by atoms with Crippen LogP contribution in [0.25, 0.3) is 0 Å². The maximum absolute atomic E-state index is 11.8. The zero-order chi connectivity index (χ0) is 13.0. The minimum absolute atomic E-state index is 0.0423. The number of carbonyl (C=O) groups excluding carboxylic acids is 1. The van der Waals surface area contributed by atoms with Gasteiger partial charge in [-0.15, -0.1) is 0 Å². The fourth-order valence-electron chi connectivity index (χ4n) is 2.40. The Morgan fingerprint density at radius 1 is 1.44 bits per heavy atom. The van der Waals surface area contributed by atoms with Crippen LogP contribution in [0.4, 0.5) is 0 Å². The molecule has 98 valence electrons. The van der Waals surface area contributed by atoms with Gasteiger partial charge in [0.05, 0.1) is 5.92 Å². The topological polar surface area (TPSA) is 66.4 Å². The average Bonchev–Trinajstić information content (AvgIpc) is 2.96. The van der Waals surface area contributed by atoms with E-state index in [1.165, 1.54) is 0 Å². The lowest BCUT2D eigenvalue weighted by atomic mass is 10.0. The second kappa shape index (κ2) is 6.00. The van der Waals surface area contributed by atoms with Crippen molar-refractivity contribution in [3.8, 4) is 0 Å². The lowest BCUT2D eigenvalue weighted by Crippen LogP contribution is -2.40. The maximum Gasteiger partial charge on any atom is 0.308 e. The van der Waals surface area contributed by atoms with Gasteiger partial charge < -0.3 is 10.4 Å². The molecule has 0 radical (unpaired) electrons. The van der Waals surface area contributed by atoms with Crippen molar-refractivity contribution in [2.45, 2.75) is 38.1 Å². The molecule has 0 bridgehead atoms. The van der Waals surface area contributed by atoms with Crippen LogP contribution in [0.1, 0.15) is 31.2 Å². The van der Waals surface area contributed by atoms with Crippen molar-refractivity contribution < 1.29 is 14.7 Å². The average molecular weight is 267 g/mol. The number of aryl methyl sites for hydroxylation is 1. The molecule has 5 heteroatoms. The van der Waals surface area contributed by atoms with E-state index < -0.39 is 11.9 Å². The van der Waals surface area contributed by atoms with E-state index in [1.54, 1.807) is 11.3 Å². The third-order valence-corrected chi connectivity index (χ3v) is 4.13. The molecule has 1 fully saturated rings. The molecule has 1 aromatic heterocycles. The number of thiophene rings is 1. The van der Waals surface area contributed by atoms with Crippen molar-refractivity contribution in [3.63, 3.8) is 0 Å². The summed E-state index contributed by atoms with van der Waals surface area (Å²) in [5, 5.41) is 15.9. The van der Waals surface area contributed by atoms with E-state index in [0.29, 0.717) is 12.8 Å². The van der Waals surface area contributed by atoms with Gasteiger partial charge in [0.15, 0.2) is 0 Å². The number of carbonyl (C=O) groups is 2. The standard InChI is InChI=1S/C13H17NO3S/c15-12(5-4-9-6-7-18-8-9)14-11-3-1-2-10(11)13(16)17/h6-8,10-11H,1-5H2,(H,14,15)(H,16,17)/t10-,11+/m1/s1. The number of hydrogen-bond acceptors (Lipinski definition) is 3. The van der Waals surface area contributed by atoms with Gasteiger partial charge in [0.1, 0.15) is 0 Å². The first-order chi connectivity index (χ1) is 8.66. The third kappa shape index (κ3) is 3.32. The number of carboxylic acids is 1. The van der Waals surface area contributed by atoms with E-state index in [9.17, 15) is 9.59 Å². The van der Waals surface area contributed by atoms with Crippen LogP contribution in [0.3, 0.4) is 0 Å². The molecule has 1 aromatic rings. The Hall–Kier alpha value is -1.36. The zero-order valence-corrected chi connectivity index (χ0v) is 10.9. The predicted molar refractivity (Wildman–Crippen MR) is 69.5 cm³/mol. The summed E-state index contributed by atoms with van der Waals surface area (Å²) in [5.41, 5.74) is 1.16. The van der Waals surface area contributed by atoms with E-state index in [0.717, 1.165) is 24.8 Å². The highest BCUT2D eigenvalue weighted by atomic mass is 32.1. The number of rotatable bonds is 5. The highest BCUT2D eigenvalue weighted by Crippen LogP contribution is 2.25. The molecule has 2 rings (SSSR count). The van der Waals surface area contributed by atoms with Crippen LogP contribution in [0.15, 0.2) is 16.8 Å². The molecule has 1 amide bonds. The van der Waals surface area contributed by atoms with Gasteiger partial charge >= 0.3 is 5.97 Å². The minimum atomic E-state index is -0.796. The van der Waals surface area contributed by atoms with E-state index in [2.05, 4.69) is 5.32 Å². The molecule has 0 unspecified atom stereocenters. The van der Waals surface area contributed by atoms with Crippen LogP contribution in [-0.4, -0.2) is 23.0 Å².